The van der Waals surface area contributed by atoms with Gasteiger partial charge in [-0.15, -0.1) is 0 Å². The second kappa shape index (κ2) is 12.7. The van der Waals surface area contributed by atoms with Gasteiger partial charge in [-0.2, -0.15) is 0 Å². The molecule has 3 N–H and O–H groups in total. The topological polar surface area (TPSA) is 140 Å². The minimum Gasteiger partial charge on any atom is -0.445 e. The van der Waals surface area contributed by atoms with Crippen molar-refractivity contribution in [1.29, 1.82) is 0 Å². The fourth-order valence-corrected chi connectivity index (χ4v) is 3.74. The average molecular weight is 485 g/mol. The Labute approximate surface area is 204 Å². The van der Waals surface area contributed by atoms with Gasteiger partial charge in [-0.25, -0.2) is 4.79 Å². The smallest absolute Gasteiger partial charge is 0.408 e. The third kappa shape index (κ3) is 8.24. The Morgan fingerprint density at radius 2 is 1.97 bits per heavy atom. The fraction of sp³-hybridized carbons (Fsp3) is 0.480. The first kappa shape index (κ1) is 25.9. The molecule has 35 heavy (non-hydrogen) atoms. The maximum atomic E-state index is 13.1. The molecule has 1 aliphatic heterocycles. The molecule has 10 nitrogen and oxygen atoms in total. The predicted molar refractivity (Wildman–Crippen MR) is 126 cm³/mol. The van der Waals surface area contributed by atoms with E-state index in [1.54, 1.807) is 0 Å². The number of nitrogens with zero attached hydrogens (tertiary/aromatic N) is 1. The number of aromatic nitrogens is 1. The van der Waals surface area contributed by atoms with Gasteiger partial charge >= 0.3 is 6.09 Å². The number of alkyl carbamates (subject to hydrolysis) is 1. The van der Waals surface area contributed by atoms with Gasteiger partial charge in [-0.3, -0.25) is 14.4 Å². The van der Waals surface area contributed by atoms with Crippen LogP contribution < -0.4 is 16.0 Å². The number of hydrogen-bond acceptors (Lipinski definition) is 7. The number of Topliss-reactive ketones (excluding diaryl/α,β-unsaturated/α-hetero) is 1. The lowest BCUT2D eigenvalue weighted by molar-refractivity contribution is -0.140. The third-order valence-electron chi connectivity index (χ3n) is 5.57. The number of nitrogens with one attached hydrogen (secondary N) is 3. The Bertz CT molecular complexity index is 1020. The molecule has 2 heterocycles. The van der Waals surface area contributed by atoms with Crippen molar-refractivity contribution in [2.45, 2.75) is 64.6 Å². The summed E-state index contributed by atoms with van der Waals surface area (Å²) >= 11 is 0. The molecule has 0 fully saturated rings. The van der Waals surface area contributed by atoms with Crippen LogP contribution in [0.4, 0.5) is 4.79 Å². The number of hydrogen-bond donors (Lipinski definition) is 3. The van der Waals surface area contributed by atoms with Crippen molar-refractivity contribution in [2.75, 3.05) is 6.54 Å². The largest absolute Gasteiger partial charge is 0.445 e. The molecule has 188 valence electrons. The van der Waals surface area contributed by atoms with Gasteiger partial charge in [0, 0.05) is 19.0 Å². The van der Waals surface area contributed by atoms with Crippen LogP contribution in [0, 0.1) is 5.92 Å². The van der Waals surface area contributed by atoms with E-state index in [1.807, 2.05) is 50.2 Å². The zero-order valence-electron chi connectivity index (χ0n) is 20.0. The maximum absolute atomic E-state index is 13.1. The summed E-state index contributed by atoms with van der Waals surface area (Å²) in [6.07, 6.45) is 1.28. The first-order valence-corrected chi connectivity index (χ1v) is 11.9. The highest BCUT2D eigenvalue weighted by molar-refractivity contribution is 6.38. The van der Waals surface area contributed by atoms with Gasteiger partial charge < -0.3 is 25.2 Å². The molecule has 1 aromatic heterocycles. The maximum Gasteiger partial charge on any atom is 0.408 e. The van der Waals surface area contributed by atoms with E-state index in [9.17, 15) is 19.2 Å². The molecule has 1 aliphatic rings. The number of carbonyl (C=O) groups is 4. The molecule has 10 heteroatoms. The van der Waals surface area contributed by atoms with E-state index in [4.69, 9.17) is 9.26 Å². The van der Waals surface area contributed by atoms with Crippen molar-refractivity contribution in [3.8, 4) is 0 Å². The Kier molecular flexibility index (Phi) is 9.39. The molecule has 3 rings (SSSR count). The number of ether oxygens (including phenoxy) is 1. The molecule has 0 radical (unpaired) electrons. The molecular formula is C25H32N4O6. The van der Waals surface area contributed by atoms with E-state index in [0.717, 1.165) is 5.56 Å². The Morgan fingerprint density at radius 1 is 1.20 bits per heavy atom. The van der Waals surface area contributed by atoms with Crippen LogP contribution in [0.25, 0.3) is 0 Å². The number of carbonyl (C=O) groups excluding carboxylic acids is 4. The summed E-state index contributed by atoms with van der Waals surface area (Å²) in [6.45, 7) is 4.18. The van der Waals surface area contributed by atoms with Crippen molar-refractivity contribution in [1.82, 2.24) is 21.1 Å². The zero-order valence-corrected chi connectivity index (χ0v) is 20.0. The van der Waals surface area contributed by atoms with Gasteiger partial charge in [-0.1, -0.05) is 49.3 Å². The van der Waals surface area contributed by atoms with E-state index in [-0.39, 0.29) is 18.9 Å². The van der Waals surface area contributed by atoms with Gasteiger partial charge in [0.2, 0.25) is 11.7 Å². The lowest BCUT2D eigenvalue weighted by Crippen LogP contribution is -2.54. The summed E-state index contributed by atoms with van der Waals surface area (Å²) in [4.78, 5) is 50.7. The molecule has 0 saturated carbocycles. The van der Waals surface area contributed by atoms with Crippen molar-refractivity contribution in [2.24, 2.45) is 5.92 Å². The van der Waals surface area contributed by atoms with Crippen LogP contribution in [0.1, 0.15) is 50.1 Å². The summed E-state index contributed by atoms with van der Waals surface area (Å²) in [5, 5.41) is 11.8. The molecule has 2 aromatic rings. The van der Waals surface area contributed by atoms with E-state index < -0.39 is 35.8 Å². The second-order valence-corrected chi connectivity index (χ2v) is 9.00. The van der Waals surface area contributed by atoms with Crippen LogP contribution in [-0.4, -0.2) is 47.5 Å². The second-order valence-electron chi connectivity index (χ2n) is 9.00. The minimum absolute atomic E-state index is 0.0592. The summed E-state index contributed by atoms with van der Waals surface area (Å²) in [5.41, 5.74) is 1.46. The number of fused-ring (bicyclic) bond motifs is 2. The molecule has 2 atom stereocenters. The van der Waals surface area contributed by atoms with Crippen molar-refractivity contribution in [3.63, 3.8) is 0 Å². The molecule has 3 amide bonds. The Hall–Kier alpha value is -3.69. The zero-order chi connectivity index (χ0) is 25.2. The summed E-state index contributed by atoms with van der Waals surface area (Å²) in [7, 11) is 0. The molecule has 0 saturated heterocycles. The van der Waals surface area contributed by atoms with Gasteiger partial charge in [-0.05, 0) is 37.2 Å². The molecule has 0 aliphatic carbocycles. The van der Waals surface area contributed by atoms with Crippen LogP contribution in [0.15, 0.2) is 40.9 Å². The molecule has 2 unspecified atom stereocenters. The van der Waals surface area contributed by atoms with E-state index in [2.05, 4.69) is 21.1 Å². The van der Waals surface area contributed by atoms with Crippen LogP contribution >= 0.6 is 0 Å². The highest BCUT2D eigenvalue weighted by atomic mass is 16.5. The van der Waals surface area contributed by atoms with Crippen LogP contribution in [-0.2, 0) is 38.6 Å². The quantitative estimate of drug-likeness (QED) is 0.511. The first-order chi connectivity index (χ1) is 16.8. The molecular weight excluding hydrogens is 452 g/mol. The molecule has 2 bridgehead atoms. The normalized spacial score (nSPS) is 17.5. The van der Waals surface area contributed by atoms with Crippen LogP contribution in [0.2, 0.25) is 0 Å². The Balaban J connectivity index is 1.66. The SMILES string of the molecule is CC(C)CC(NC(=O)OCc1ccccc1)C(=O)NC1CCc2cc(on2)CCCNC(=O)C1=O. The van der Waals surface area contributed by atoms with Gasteiger partial charge in [0.1, 0.15) is 18.4 Å². The monoisotopic (exact) mass is 484 g/mol. The average Bonchev–Trinajstić information content (AvgIpc) is 3.29. The molecule has 0 spiro atoms. The van der Waals surface area contributed by atoms with Crippen LogP contribution in [0.3, 0.4) is 0 Å². The number of aryl methyl sites for hydroxylation is 2. The summed E-state index contributed by atoms with van der Waals surface area (Å²) in [6, 6.07) is 8.99. The highest BCUT2D eigenvalue weighted by Crippen LogP contribution is 2.12. The van der Waals surface area contributed by atoms with Gasteiger partial charge in [0.05, 0.1) is 11.7 Å². The summed E-state index contributed by atoms with van der Waals surface area (Å²) in [5.74, 6) is -1.27. The number of amides is 3. The standard InChI is InChI=1S/C25H32N4O6/c1-16(2)13-21(28-25(33)34-15-17-7-4-3-5-8-17)23(31)27-20-11-10-18-14-19(35-29-18)9-6-12-26-24(32)22(20)30/h3-5,7-8,14,16,20-21H,6,9-13,15H2,1-2H3,(H,26,32)(H,27,31)(H,28,33). The number of benzene rings is 1. The lowest BCUT2D eigenvalue weighted by Gasteiger charge is -2.23. The molecule has 1 aromatic carbocycles. The van der Waals surface area contributed by atoms with E-state index in [0.29, 0.717) is 43.7 Å². The fourth-order valence-electron chi connectivity index (χ4n) is 3.74. The minimum atomic E-state index is -1.07. The third-order valence-corrected chi connectivity index (χ3v) is 5.57. The van der Waals surface area contributed by atoms with Crippen molar-refractivity contribution < 1.29 is 28.4 Å². The first-order valence-electron chi connectivity index (χ1n) is 11.9. The van der Waals surface area contributed by atoms with Crippen molar-refractivity contribution in [3.05, 3.63) is 53.4 Å². The lowest BCUT2D eigenvalue weighted by atomic mass is 10.0. The van der Waals surface area contributed by atoms with Gasteiger partial charge in [0.25, 0.3) is 5.91 Å². The predicted octanol–water partition coefficient (Wildman–Crippen LogP) is 2.06. The van der Waals surface area contributed by atoms with E-state index in [1.165, 1.54) is 0 Å². The number of ketones is 1. The Morgan fingerprint density at radius 3 is 2.71 bits per heavy atom. The van der Waals surface area contributed by atoms with E-state index >= 15 is 0 Å². The summed E-state index contributed by atoms with van der Waals surface area (Å²) < 4.78 is 10.5. The van der Waals surface area contributed by atoms with Crippen LogP contribution in [0.5, 0.6) is 0 Å². The van der Waals surface area contributed by atoms with Crippen molar-refractivity contribution >= 4 is 23.7 Å². The highest BCUT2D eigenvalue weighted by Gasteiger charge is 2.31. The number of rotatable bonds is 7. The van der Waals surface area contributed by atoms with Gasteiger partial charge in [0.15, 0.2) is 0 Å².